The third-order valence-electron chi connectivity index (χ3n) is 4.90. The number of hydrogen-bond donors (Lipinski definition) is 0. The summed E-state index contributed by atoms with van der Waals surface area (Å²) in [5.74, 6) is -1.59. The molecular formula is C23H18ClF2N3O3. The van der Waals surface area contributed by atoms with Crippen LogP contribution in [0.1, 0.15) is 23.0 Å². The van der Waals surface area contributed by atoms with E-state index < -0.39 is 17.6 Å². The van der Waals surface area contributed by atoms with E-state index in [2.05, 4.69) is 9.97 Å². The molecule has 32 heavy (non-hydrogen) atoms. The number of halogens is 3. The van der Waals surface area contributed by atoms with Gasteiger partial charge < -0.3 is 14.0 Å². The van der Waals surface area contributed by atoms with E-state index in [1.165, 1.54) is 17.9 Å². The molecule has 4 rings (SSSR count). The topological polar surface area (TPSA) is 66.2 Å². The van der Waals surface area contributed by atoms with Crippen molar-refractivity contribution < 1.29 is 23.0 Å². The second-order valence-electron chi connectivity index (χ2n) is 6.85. The third-order valence-corrected chi connectivity index (χ3v) is 5.11. The summed E-state index contributed by atoms with van der Waals surface area (Å²) in [6.07, 6.45) is 2.97. The molecule has 0 saturated carbocycles. The third kappa shape index (κ3) is 3.89. The van der Waals surface area contributed by atoms with Crippen LogP contribution in [-0.2, 0) is 11.3 Å². The van der Waals surface area contributed by atoms with Gasteiger partial charge in [-0.15, -0.1) is 0 Å². The molecule has 0 amide bonds. The number of hydrogen-bond acceptors (Lipinski definition) is 5. The Labute approximate surface area is 187 Å². The zero-order valence-electron chi connectivity index (χ0n) is 17.2. The number of methoxy groups -OCH3 is 1. The lowest BCUT2D eigenvalue weighted by molar-refractivity contribution is 0.0516. The Balaban J connectivity index is 2.08. The molecule has 1 aromatic carbocycles. The molecule has 4 aromatic rings. The number of fused-ring (bicyclic) bond motifs is 1. The van der Waals surface area contributed by atoms with Crippen LogP contribution in [0.4, 0.5) is 8.78 Å². The van der Waals surface area contributed by atoms with Gasteiger partial charge in [0.1, 0.15) is 23.0 Å². The van der Waals surface area contributed by atoms with Crippen molar-refractivity contribution in [2.75, 3.05) is 13.7 Å². The van der Waals surface area contributed by atoms with E-state index in [-0.39, 0.29) is 30.3 Å². The summed E-state index contributed by atoms with van der Waals surface area (Å²) in [6, 6.07) is 8.22. The number of benzene rings is 1. The number of nitrogens with zero attached hydrogens (tertiary/aromatic N) is 3. The second-order valence-corrected chi connectivity index (χ2v) is 7.29. The van der Waals surface area contributed by atoms with Crippen molar-refractivity contribution in [3.63, 3.8) is 0 Å². The first-order valence-electron chi connectivity index (χ1n) is 9.72. The summed E-state index contributed by atoms with van der Waals surface area (Å²) in [4.78, 5) is 21.7. The van der Waals surface area contributed by atoms with Crippen molar-refractivity contribution in [1.82, 2.24) is 14.5 Å². The highest BCUT2D eigenvalue weighted by Crippen LogP contribution is 2.39. The average molecular weight is 458 g/mol. The molecule has 0 saturated heterocycles. The summed E-state index contributed by atoms with van der Waals surface area (Å²) in [5.41, 5.74) is 1.43. The maximum absolute atomic E-state index is 14.5. The molecule has 0 aliphatic heterocycles. The minimum absolute atomic E-state index is 0.0499. The van der Waals surface area contributed by atoms with Gasteiger partial charge in [-0.05, 0) is 43.3 Å². The van der Waals surface area contributed by atoms with Gasteiger partial charge in [0.15, 0.2) is 0 Å². The average Bonchev–Trinajstić information content (AvgIpc) is 3.09. The van der Waals surface area contributed by atoms with Crippen molar-refractivity contribution in [3.05, 3.63) is 76.7 Å². The van der Waals surface area contributed by atoms with Gasteiger partial charge >= 0.3 is 5.97 Å². The van der Waals surface area contributed by atoms with E-state index in [0.717, 1.165) is 18.2 Å². The van der Waals surface area contributed by atoms with Crippen molar-refractivity contribution in [1.29, 1.82) is 0 Å². The van der Waals surface area contributed by atoms with Gasteiger partial charge in [-0.2, -0.15) is 0 Å². The first-order valence-corrected chi connectivity index (χ1v) is 10.1. The number of ether oxygens (including phenoxy) is 2. The predicted molar refractivity (Wildman–Crippen MR) is 116 cm³/mol. The fraction of sp³-hybridized carbons (Fsp3) is 0.174. The molecule has 164 valence electrons. The van der Waals surface area contributed by atoms with Crippen LogP contribution >= 0.6 is 11.6 Å². The van der Waals surface area contributed by atoms with E-state index in [0.29, 0.717) is 27.2 Å². The van der Waals surface area contributed by atoms with Crippen LogP contribution in [0.25, 0.3) is 22.2 Å². The van der Waals surface area contributed by atoms with Gasteiger partial charge in [-0.3, -0.25) is 0 Å². The van der Waals surface area contributed by atoms with Gasteiger partial charge in [-0.1, -0.05) is 11.6 Å². The zero-order chi connectivity index (χ0) is 22.8. The van der Waals surface area contributed by atoms with E-state index in [9.17, 15) is 13.6 Å². The molecule has 0 aliphatic rings. The maximum Gasteiger partial charge on any atom is 0.355 e. The summed E-state index contributed by atoms with van der Waals surface area (Å²) in [6.45, 7) is 1.63. The lowest BCUT2D eigenvalue weighted by atomic mass is 10.0. The van der Waals surface area contributed by atoms with Crippen LogP contribution in [-0.4, -0.2) is 34.2 Å². The summed E-state index contributed by atoms with van der Waals surface area (Å²) < 4.78 is 40.5. The lowest BCUT2D eigenvalue weighted by Crippen LogP contribution is -2.15. The van der Waals surface area contributed by atoms with E-state index in [1.54, 1.807) is 31.3 Å². The van der Waals surface area contributed by atoms with Gasteiger partial charge in [0.25, 0.3) is 0 Å². The fourth-order valence-electron chi connectivity index (χ4n) is 3.62. The molecular weight excluding hydrogens is 440 g/mol. The zero-order valence-corrected chi connectivity index (χ0v) is 18.0. The number of carbonyl (C=O) groups is 1. The van der Waals surface area contributed by atoms with Crippen LogP contribution in [0.2, 0.25) is 5.02 Å². The molecule has 0 aliphatic carbocycles. The Morgan fingerprint density at radius 1 is 1.19 bits per heavy atom. The van der Waals surface area contributed by atoms with Gasteiger partial charge in [0.05, 0.1) is 25.3 Å². The molecule has 0 unspecified atom stereocenters. The number of pyridine rings is 2. The molecule has 0 bridgehead atoms. The van der Waals surface area contributed by atoms with Crippen molar-refractivity contribution in [2.45, 2.75) is 13.5 Å². The fourth-order valence-corrected chi connectivity index (χ4v) is 3.77. The normalized spacial score (nSPS) is 11.0. The van der Waals surface area contributed by atoms with Crippen molar-refractivity contribution in [2.24, 2.45) is 0 Å². The quantitative estimate of drug-likeness (QED) is 0.369. The minimum Gasteiger partial charge on any atom is -0.481 e. The summed E-state index contributed by atoms with van der Waals surface area (Å²) in [5, 5.41) is 0.856. The van der Waals surface area contributed by atoms with Crippen molar-refractivity contribution in [3.8, 4) is 17.0 Å². The Bertz CT molecular complexity index is 1320. The molecule has 0 atom stereocenters. The molecule has 0 N–H and O–H groups in total. The molecule has 3 aromatic heterocycles. The van der Waals surface area contributed by atoms with Crippen LogP contribution < -0.4 is 4.74 Å². The van der Waals surface area contributed by atoms with Gasteiger partial charge in [-0.25, -0.2) is 23.5 Å². The molecule has 0 spiro atoms. The first kappa shape index (κ1) is 21.7. The minimum atomic E-state index is -0.653. The molecule has 6 nitrogen and oxygen atoms in total. The number of esters is 1. The smallest absolute Gasteiger partial charge is 0.355 e. The Kier molecular flexibility index (Phi) is 6.05. The maximum atomic E-state index is 14.5. The van der Waals surface area contributed by atoms with Gasteiger partial charge in [0, 0.05) is 34.5 Å². The highest BCUT2D eigenvalue weighted by Gasteiger charge is 2.28. The Morgan fingerprint density at radius 2 is 2.00 bits per heavy atom. The number of rotatable bonds is 6. The largest absolute Gasteiger partial charge is 0.481 e. The Hall–Kier alpha value is -3.52. The standard InChI is InChI=1S/C23H18ClF2N3O3/c1-3-32-23(30)20-19(16-5-4-8-27-22(16)31-2)17-10-14(24)11-28-21(17)29(20)12-13-9-15(25)6-7-18(13)26/h4-11H,3,12H2,1-2H3. The predicted octanol–water partition coefficient (Wildman–Crippen LogP) is 5.26. The first-order chi connectivity index (χ1) is 15.4. The molecule has 0 fully saturated rings. The summed E-state index contributed by atoms with van der Waals surface area (Å²) >= 11 is 6.22. The SMILES string of the molecule is CCOC(=O)c1c(-c2cccnc2OC)c2cc(Cl)cnc2n1Cc1cc(F)ccc1F. The monoisotopic (exact) mass is 457 g/mol. The van der Waals surface area contributed by atoms with Crippen LogP contribution in [0.5, 0.6) is 5.88 Å². The van der Waals surface area contributed by atoms with Gasteiger partial charge in [0.2, 0.25) is 5.88 Å². The van der Waals surface area contributed by atoms with Crippen molar-refractivity contribution >= 4 is 28.6 Å². The molecule has 9 heteroatoms. The molecule has 3 heterocycles. The second kappa shape index (κ2) is 8.92. The van der Waals surface area contributed by atoms with Crippen LogP contribution in [0.3, 0.4) is 0 Å². The number of aromatic nitrogens is 3. The van der Waals surface area contributed by atoms with E-state index in [4.69, 9.17) is 21.1 Å². The van der Waals surface area contributed by atoms with E-state index >= 15 is 0 Å². The number of carbonyl (C=O) groups excluding carboxylic acids is 1. The lowest BCUT2D eigenvalue weighted by Gasteiger charge is -2.13. The Morgan fingerprint density at radius 3 is 2.75 bits per heavy atom. The highest BCUT2D eigenvalue weighted by molar-refractivity contribution is 6.31. The van der Waals surface area contributed by atoms with Crippen LogP contribution in [0.15, 0.2) is 48.8 Å². The summed E-state index contributed by atoms with van der Waals surface area (Å²) in [7, 11) is 1.46. The van der Waals surface area contributed by atoms with E-state index in [1.807, 2.05) is 0 Å². The highest BCUT2D eigenvalue weighted by atomic mass is 35.5. The van der Waals surface area contributed by atoms with Crippen LogP contribution in [0, 0.1) is 11.6 Å². The molecule has 0 radical (unpaired) electrons.